The van der Waals surface area contributed by atoms with E-state index in [0.717, 1.165) is 51.4 Å². The predicted octanol–water partition coefficient (Wildman–Crippen LogP) is 1.24. The third kappa shape index (κ3) is 3.80. The highest BCUT2D eigenvalue weighted by Crippen LogP contribution is 2.31. The van der Waals surface area contributed by atoms with Crippen LogP contribution in [0.4, 0.5) is 11.5 Å². The van der Waals surface area contributed by atoms with Gasteiger partial charge in [0.05, 0.1) is 17.1 Å². The van der Waals surface area contributed by atoms with E-state index < -0.39 is 0 Å². The fraction of sp³-hybridized carbons (Fsp3) is 0.421. The van der Waals surface area contributed by atoms with Crippen LogP contribution in [0.15, 0.2) is 35.4 Å². The summed E-state index contributed by atoms with van der Waals surface area (Å²) >= 11 is 0. The second-order valence-electron chi connectivity index (χ2n) is 7.08. The Morgan fingerprint density at radius 2 is 1.85 bits per heavy atom. The molecule has 0 spiro atoms. The third-order valence-corrected chi connectivity index (χ3v) is 5.14. The highest BCUT2D eigenvalue weighted by Gasteiger charge is 2.22. The molecule has 27 heavy (non-hydrogen) atoms. The lowest BCUT2D eigenvalue weighted by atomic mass is 10.1. The Kier molecular flexibility index (Phi) is 4.81. The van der Waals surface area contributed by atoms with E-state index in [1.54, 1.807) is 12.1 Å². The van der Waals surface area contributed by atoms with Crippen molar-refractivity contribution in [3.8, 4) is 17.0 Å². The first-order chi connectivity index (χ1) is 13.1. The first-order valence-corrected chi connectivity index (χ1v) is 9.26. The molecule has 0 amide bonds. The molecule has 2 aliphatic rings. The summed E-state index contributed by atoms with van der Waals surface area (Å²) in [4.78, 5) is 4.68. The van der Waals surface area contributed by atoms with Crippen molar-refractivity contribution < 1.29 is 5.11 Å². The summed E-state index contributed by atoms with van der Waals surface area (Å²) in [5, 5.41) is 24.9. The van der Waals surface area contributed by atoms with E-state index in [-0.39, 0.29) is 5.75 Å². The average molecular weight is 367 g/mol. The number of nitrogen functional groups attached to an aromatic ring is 1. The number of phenols is 1. The highest BCUT2D eigenvalue weighted by molar-refractivity contribution is 5.87. The Bertz CT molecular complexity index is 846. The number of nitrogens with zero attached hydrogens (tertiary/aromatic N) is 6. The average Bonchev–Trinajstić information content (AvgIpc) is 3.08. The van der Waals surface area contributed by atoms with E-state index >= 15 is 0 Å². The minimum absolute atomic E-state index is 0.189. The lowest BCUT2D eigenvalue weighted by Gasteiger charge is -2.36. The molecule has 8 heteroatoms. The van der Waals surface area contributed by atoms with Crippen molar-refractivity contribution in [1.29, 1.82) is 0 Å². The van der Waals surface area contributed by atoms with Gasteiger partial charge in [-0.2, -0.15) is 5.10 Å². The second-order valence-corrected chi connectivity index (χ2v) is 7.08. The minimum atomic E-state index is 0.189. The van der Waals surface area contributed by atoms with Gasteiger partial charge in [0.1, 0.15) is 5.75 Å². The molecule has 1 fully saturated rings. The zero-order valence-corrected chi connectivity index (χ0v) is 15.5. The lowest BCUT2D eigenvalue weighted by molar-refractivity contribution is 0.291. The zero-order chi connectivity index (χ0) is 18.8. The van der Waals surface area contributed by atoms with Crippen molar-refractivity contribution in [3.05, 3.63) is 30.3 Å². The van der Waals surface area contributed by atoms with E-state index in [0.29, 0.717) is 17.1 Å². The van der Waals surface area contributed by atoms with Crippen LogP contribution in [0.3, 0.4) is 0 Å². The van der Waals surface area contributed by atoms with Crippen LogP contribution >= 0.6 is 0 Å². The largest absolute Gasteiger partial charge is 0.507 e. The van der Waals surface area contributed by atoms with Crippen LogP contribution in [-0.4, -0.2) is 77.2 Å². The summed E-state index contributed by atoms with van der Waals surface area (Å²) in [7, 11) is 2.02. The molecule has 0 unspecified atom stereocenters. The molecule has 0 atom stereocenters. The quantitative estimate of drug-likeness (QED) is 0.840. The summed E-state index contributed by atoms with van der Waals surface area (Å²) in [5.41, 5.74) is 9.53. The van der Waals surface area contributed by atoms with Crippen LogP contribution in [-0.2, 0) is 0 Å². The van der Waals surface area contributed by atoms with E-state index in [1.807, 2.05) is 30.3 Å². The molecule has 1 aromatic carbocycles. The molecule has 3 N–H and O–H groups in total. The molecule has 3 heterocycles. The SMILES string of the molecule is CN1CCC(CN2CCN(c3cc(-c4ccccc4O)nnc3N)CC2)=N1. The van der Waals surface area contributed by atoms with Gasteiger partial charge in [0, 0.05) is 58.3 Å². The Morgan fingerprint density at radius 1 is 1.07 bits per heavy atom. The number of aromatic nitrogens is 2. The van der Waals surface area contributed by atoms with Gasteiger partial charge >= 0.3 is 0 Å². The topological polar surface area (TPSA) is 94.1 Å². The molecule has 1 aromatic heterocycles. The predicted molar refractivity (Wildman–Crippen MR) is 107 cm³/mol. The number of hydrogen-bond acceptors (Lipinski definition) is 8. The smallest absolute Gasteiger partial charge is 0.169 e. The van der Waals surface area contributed by atoms with Crippen molar-refractivity contribution in [2.75, 3.05) is 56.9 Å². The van der Waals surface area contributed by atoms with Gasteiger partial charge < -0.3 is 15.7 Å². The number of piperazine rings is 1. The maximum absolute atomic E-state index is 10.1. The van der Waals surface area contributed by atoms with Gasteiger partial charge in [0.25, 0.3) is 0 Å². The van der Waals surface area contributed by atoms with Gasteiger partial charge in [-0.1, -0.05) is 12.1 Å². The van der Waals surface area contributed by atoms with Gasteiger partial charge in [-0.15, -0.1) is 10.2 Å². The molecule has 142 valence electrons. The lowest BCUT2D eigenvalue weighted by Crippen LogP contribution is -2.48. The molecule has 8 nitrogen and oxygen atoms in total. The van der Waals surface area contributed by atoms with Crippen molar-refractivity contribution in [1.82, 2.24) is 20.1 Å². The van der Waals surface area contributed by atoms with Crippen LogP contribution in [0.5, 0.6) is 5.75 Å². The molecule has 0 aliphatic carbocycles. The minimum Gasteiger partial charge on any atom is -0.507 e. The van der Waals surface area contributed by atoms with Crippen LogP contribution in [0, 0.1) is 0 Å². The van der Waals surface area contributed by atoms with Crippen molar-refractivity contribution in [2.24, 2.45) is 5.10 Å². The van der Waals surface area contributed by atoms with Crippen molar-refractivity contribution in [3.63, 3.8) is 0 Å². The van der Waals surface area contributed by atoms with Gasteiger partial charge in [0.15, 0.2) is 5.82 Å². The molecule has 0 radical (unpaired) electrons. The van der Waals surface area contributed by atoms with Crippen LogP contribution in [0.1, 0.15) is 6.42 Å². The van der Waals surface area contributed by atoms with Crippen LogP contribution in [0.2, 0.25) is 0 Å². The number of rotatable bonds is 4. The van der Waals surface area contributed by atoms with E-state index in [2.05, 4.69) is 25.1 Å². The number of nitrogens with two attached hydrogens (primary N) is 1. The summed E-state index contributed by atoms with van der Waals surface area (Å²) in [6.45, 7) is 5.61. The van der Waals surface area contributed by atoms with E-state index in [4.69, 9.17) is 5.73 Å². The maximum Gasteiger partial charge on any atom is 0.169 e. The summed E-state index contributed by atoms with van der Waals surface area (Å²) in [6, 6.07) is 9.06. The van der Waals surface area contributed by atoms with Gasteiger partial charge in [0.2, 0.25) is 0 Å². The Morgan fingerprint density at radius 3 is 2.56 bits per heavy atom. The first kappa shape index (κ1) is 17.5. The molecule has 4 rings (SSSR count). The molecular formula is C19H25N7O. The summed E-state index contributed by atoms with van der Waals surface area (Å²) in [6.07, 6.45) is 1.06. The van der Waals surface area contributed by atoms with Gasteiger partial charge in [-0.3, -0.25) is 9.91 Å². The number of benzene rings is 1. The number of phenolic OH excluding ortho intramolecular Hbond substituents is 1. The number of hydrogen-bond donors (Lipinski definition) is 2. The fourth-order valence-electron chi connectivity index (χ4n) is 3.61. The zero-order valence-electron chi connectivity index (χ0n) is 15.5. The summed E-state index contributed by atoms with van der Waals surface area (Å²) in [5.74, 6) is 0.610. The van der Waals surface area contributed by atoms with Crippen molar-refractivity contribution >= 4 is 17.2 Å². The number of anilines is 2. The molecular weight excluding hydrogens is 342 g/mol. The fourth-order valence-corrected chi connectivity index (χ4v) is 3.61. The molecule has 1 saturated heterocycles. The third-order valence-electron chi connectivity index (χ3n) is 5.14. The maximum atomic E-state index is 10.1. The Balaban J connectivity index is 1.46. The van der Waals surface area contributed by atoms with E-state index in [9.17, 15) is 5.11 Å². The number of aromatic hydroxyl groups is 1. The molecule has 2 aliphatic heterocycles. The van der Waals surface area contributed by atoms with Crippen molar-refractivity contribution in [2.45, 2.75) is 6.42 Å². The summed E-state index contributed by atoms with van der Waals surface area (Å²) < 4.78 is 0. The standard InChI is InChI=1S/C19H25N7O/c1-24-7-6-14(23-24)13-25-8-10-26(11-9-25)17-12-16(21-22-19(17)20)15-4-2-3-5-18(15)27/h2-5,12,27H,6-11,13H2,1H3,(H2,20,22). The number of para-hydroxylation sites is 1. The van der Waals surface area contributed by atoms with E-state index in [1.165, 1.54) is 5.71 Å². The van der Waals surface area contributed by atoms with Gasteiger partial charge in [-0.25, -0.2) is 0 Å². The molecule has 0 bridgehead atoms. The first-order valence-electron chi connectivity index (χ1n) is 9.26. The second kappa shape index (κ2) is 7.40. The monoisotopic (exact) mass is 367 g/mol. The van der Waals surface area contributed by atoms with Gasteiger partial charge in [-0.05, 0) is 18.2 Å². The Hall–Kier alpha value is -2.87. The normalized spacial score (nSPS) is 18.0. The van der Waals surface area contributed by atoms with Crippen LogP contribution < -0.4 is 10.6 Å². The number of hydrazone groups is 1. The van der Waals surface area contributed by atoms with Crippen LogP contribution in [0.25, 0.3) is 11.3 Å². The highest BCUT2D eigenvalue weighted by atomic mass is 16.3. The molecule has 0 saturated carbocycles. The Labute approximate surface area is 158 Å². The molecule has 2 aromatic rings.